The Morgan fingerprint density at radius 3 is 2.53 bits per heavy atom. The highest BCUT2D eigenvalue weighted by Crippen LogP contribution is 2.18. The molecule has 0 saturated carbocycles. The van der Waals surface area contributed by atoms with Gasteiger partial charge in [0, 0.05) is 6.07 Å². The number of aryl methyl sites for hydroxylation is 1. The van der Waals surface area contributed by atoms with Gasteiger partial charge in [-0.1, -0.05) is 30.3 Å². The molecule has 0 saturated heterocycles. The van der Waals surface area contributed by atoms with Gasteiger partial charge in [0.25, 0.3) is 0 Å². The molecule has 100 valence electrons. The molecule has 0 aliphatic carbocycles. The van der Waals surface area contributed by atoms with Gasteiger partial charge in [0.1, 0.15) is 18.2 Å². The van der Waals surface area contributed by atoms with E-state index in [9.17, 15) is 4.39 Å². The normalized spacial score (nSPS) is 10.5. The number of ether oxygens (including phenoxy) is 1. The molecule has 0 aliphatic rings. The van der Waals surface area contributed by atoms with E-state index in [0.717, 1.165) is 12.0 Å². The van der Waals surface area contributed by atoms with Gasteiger partial charge in [0.15, 0.2) is 0 Å². The van der Waals surface area contributed by atoms with E-state index in [1.165, 1.54) is 11.6 Å². The molecule has 2 rings (SSSR count). The summed E-state index contributed by atoms with van der Waals surface area (Å²) in [6, 6.07) is 12.9. The van der Waals surface area contributed by atoms with Crippen LogP contribution in [0.5, 0.6) is 5.75 Å². The topological polar surface area (TPSA) is 35.2 Å². The molecule has 2 aromatic carbocycles. The van der Waals surface area contributed by atoms with Crippen LogP contribution in [0.4, 0.5) is 4.39 Å². The molecule has 3 heteroatoms. The van der Waals surface area contributed by atoms with Gasteiger partial charge >= 0.3 is 0 Å². The maximum Gasteiger partial charge on any atom is 0.129 e. The lowest BCUT2D eigenvalue weighted by Gasteiger charge is -2.11. The highest BCUT2D eigenvalue weighted by Gasteiger charge is 2.04. The van der Waals surface area contributed by atoms with E-state index < -0.39 is 0 Å². The summed E-state index contributed by atoms with van der Waals surface area (Å²) in [6.07, 6.45) is 0.821. The van der Waals surface area contributed by atoms with Crippen molar-refractivity contribution < 1.29 is 9.13 Å². The van der Waals surface area contributed by atoms with E-state index in [2.05, 4.69) is 0 Å². The van der Waals surface area contributed by atoms with Gasteiger partial charge in [-0.05, 0) is 42.6 Å². The van der Waals surface area contributed by atoms with Crippen LogP contribution in [0.2, 0.25) is 0 Å². The smallest absolute Gasteiger partial charge is 0.129 e. The Kier molecular flexibility index (Phi) is 4.53. The summed E-state index contributed by atoms with van der Waals surface area (Å²) in [5.41, 5.74) is 8.47. The van der Waals surface area contributed by atoms with Crippen molar-refractivity contribution in [1.29, 1.82) is 0 Å². The Labute approximate surface area is 113 Å². The first-order valence-corrected chi connectivity index (χ1v) is 6.36. The predicted octanol–water partition coefficient (Wildman–Crippen LogP) is 3.21. The Hall–Kier alpha value is -1.87. The second-order valence-electron chi connectivity index (χ2n) is 4.51. The first kappa shape index (κ1) is 13.6. The lowest BCUT2D eigenvalue weighted by atomic mass is 10.1. The quantitative estimate of drug-likeness (QED) is 0.894. The third-order valence-corrected chi connectivity index (χ3v) is 3.07. The van der Waals surface area contributed by atoms with E-state index in [4.69, 9.17) is 10.5 Å². The maximum atomic E-state index is 13.4. The van der Waals surface area contributed by atoms with Crippen LogP contribution >= 0.6 is 0 Å². The van der Waals surface area contributed by atoms with Crippen molar-refractivity contribution in [1.82, 2.24) is 0 Å². The van der Waals surface area contributed by atoms with Crippen molar-refractivity contribution in [2.45, 2.75) is 20.0 Å². The van der Waals surface area contributed by atoms with Crippen LogP contribution < -0.4 is 10.5 Å². The monoisotopic (exact) mass is 259 g/mol. The maximum absolute atomic E-state index is 13.4. The largest absolute Gasteiger partial charge is 0.489 e. The van der Waals surface area contributed by atoms with Gasteiger partial charge in [-0.25, -0.2) is 4.39 Å². The van der Waals surface area contributed by atoms with Crippen molar-refractivity contribution >= 4 is 0 Å². The number of nitrogens with two attached hydrogens (primary N) is 1. The lowest BCUT2D eigenvalue weighted by molar-refractivity contribution is 0.303. The predicted molar refractivity (Wildman–Crippen MR) is 74.7 cm³/mol. The van der Waals surface area contributed by atoms with Crippen LogP contribution in [0, 0.1) is 12.7 Å². The summed E-state index contributed by atoms with van der Waals surface area (Å²) in [5.74, 6) is 0.304. The van der Waals surface area contributed by atoms with Crippen LogP contribution in [0.3, 0.4) is 0 Å². The minimum Gasteiger partial charge on any atom is -0.489 e. The third-order valence-electron chi connectivity index (χ3n) is 3.07. The average Bonchev–Trinajstić information content (AvgIpc) is 2.42. The molecule has 0 amide bonds. The third kappa shape index (κ3) is 3.55. The number of benzene rings is 2. The molecule has 0 radical (unpaired) electrons. The van der Waals surface area contributed by atoms with Gasteiger partial charge in [-0.3, -0.25) is 0 Å². The average molecular weight is 259 g/mol. The molecule has 0 aromatic heterocycles. The van der Waals surface area contributed by atoms with Gasteiger partial charge in [-0.2, -0.15) is 0 Å². The van der Waals surface area contributed by atoms with E-state index in [-0.39, 0.29) is 5.82 Å². The molecule has 19 heavy (non-hydrogen) atoms. The van der Waals surface area contributed by atoms with Crippen LogP contribution in [0.1, 0.15) is 16.7 Å². The molecule has 0 heterocycles. The molecule has 0 unspecified atom stereocenters. The van der Waals surface area contributed by atoms with E-state index in [1.807, 2.05) is 24.3 Å². The van der Waals surface area contributed by atoms with Crippen LogP contribution in [-0.2, 0) is 13.0 Å². The summed E-state index contributed by atoms with van der Waals surface area (Å²) < 4.78 is 19.0. The van der Waals surface area contributed by atoms with E-state index >= 15 is 0 Å². The first-order chi connectivity index (χ1) is 9.20. The zero-order valence-electron chi connectivity index (χ0n) is 11.0. The number of halogens is 1. The van der Waals surface area contributed by atoms with Crippen molar-refractivity contribution in [2.75, 3.05) is 6.54 Å². The summed E-state index contributed by atoms with van der Waals surface area (Å²) >= 11 is 0. The summed E-state index contributed by atoms with van der Waals surface area (Å²) in [6.45, 7) is 2.77. The molecule has 2 aromatic rings. The second kappa shape index (κ2) is 6.34. The zero-order valence-corrected chi connectivity index (χ0v) is 11.0. The van der Waals surface area contributed by atoms with Gasteiger partial charge in [0.2, 0.25) is 0 Å². The Morgan fingerprint density at radius 2 is 1.84 bits per heavy atom. The molecule has 2 nitrogen and oxygen atoms in total. The van der Waals surface area contributed by atoms with E-state index in [1.54, 1.807) is 19.1 Å². The molecule has 0 spiro atoms. The van der Waals surface area contributed by atoms with Crippen LogP contribution in [0.25, 0.3) is 0 Å². The molecule has 0 bridgehead atoms. The first-order valence-electron chi connectivity index (χ1n) is 6.36. The fourth-order valence-corrected chi connectivity index (χ4v) is 1.92. The lowest BCUT2D eigenvalue weighted by Crippen LogP contribution is -2.07. The molecular weight excluding hydrogens is 241 g/mol. The minimum atomic E-state index is -0.243. The summed E-state index contributed by atoms with van der Waals surface area (Å²) in [5, 5.41) is 0. The molecular formula is C16H18FNO. The van der Waals surface area contributed by atoms with Crippen molar-refractivity contribution in [3.05, 3.63) is 65.0 Å². The number of hydrogen-bond acceptors (Lipinski definition) is 2. The molecule has 0 aliphatic heterocycles. The zero-order chi connectivity index (χ0) is 13.7. The second-order valence-corrected chi connectivity index (χ2v) is 4.51. The van der Waals surface area contributed by atoms with Gasteiger partial charge in [-0.15, -0.1) is 0 Å². The summed E-state index contributed by atoms with van der Waals surface area (Å²) in [4.78, 5) is 0. The fraction of sp³-hybridized carbons (Fsp3) is 0.250. The fourth-order valence-electron chi connectivity index (χ4n) is 1.92. The summed E-state index contributed by atoms with van der Waals surface area (Å²) in [7, 11) is 0. The van der Waals surface area contributed by atoms with Crippen molar-refractivity contribution in [3.63, 3.8) is 0 Å². The Bertz CT molecular complexity index is 554. The van der Waals surface area contributed by atoms with E-state index in [0.29, 0.717) is 24.5 Å². The SMILES string of the molecule is Cc1ccc(OCc2ccccc2CCN)cc1F. The minimum absolute atomic E-state index is 0.243. The van der Waals surface area contributed by atoms with Crippen molar-refractivity contribution in [2.24, 2.45) is 5.73 Å². The number of rotatable bonds is 5. The standard InChI is InChI=1S/C16H18FNO/c1-12-6-7-15(10-16(12)17)19-11-14-5-3-2-4-13(14)8-9-18/h2-7,10H,8-9,11,18H2,1H3. The molecule has 0 atom stereocenters. The highest BCUT2D eigenvalue weighted by molar-refractivity contribution is 5.30. The van der Waals surface area contributed by atoms with Crippen LogP contribution in [-0.4, -0.2) is 6.54 Å². The van der Waals surface area contributed by atoms with Gasteiger partial charge < -0.3 is 10.5 Å². The van der Waals surface area contributed by atoms with Gasteiger partial charge in [0.05, 0.1) is 0 Å². The number of hydrogen-bond donors (Lipinski definition) is 1. The highest BCUT2D eigenvalue weighted by atomic mass is 19.1. The Balaban J connectivity index is 2.07. The molecule has 0 fully saturated rings. The van der Waals surface area contributed by atoms with Crippen LogP contribution in [0.15, 0.2) is 42.5 Å². The Morgan fingerprint density at radius 1 is 1.11 bits per heavy atom. The molecule has 2 N–H and O–H groups in total. The van der Waals surface area contributed by atoms with Crippen molar-refractivity contribution in [3.8, 4) is 5.75 Å².